The smallest absolute Gasteiger partial charge is 0.309 e. The maximum atomic E-state index is 14.4. The van der Waals surface area contributed by atoms with Crippen molar-refractivity contribution in [1.29, 1.82) is 0 Å². The first-order chi connectivity index (χ1) is 23.6. The Balaban J connectivity index is 5.13. The van der Waals surface area contributed by atoms with Crippen molar-refractivity contribution in [2.24, 2.45) is 0 Å². The van der Waals surface area contributed by atoms with Crippen molar-refractivity contribution in [2.75, 3.05) is 27.2 Å². The number of nitrogens with zero attached hydrogens (tertiary/aromatic N) is 2. The van der Waals surface area contributed by atoms with Gasteiger partial charge in [-0.2, -0.15) is 13.7 Å². The second kappa shape index (κ2) is 32.6. The number of unbranched alkanes of at least 4 members (excludes halogenated alkanes) is 17. The van der Waals surface area contributed by atoms with E-state index in [0.29, 0.717) is 32.3 Å². The van der Waals surface area contributed by atoms with Crippen LogP contribution in [0, 0.1) is 0 Å². The zero-order chi connectivity index (χ0) is 36.6. The highest BCUT2D eigenvalue weighted by atomic mass is 19.3. The summed E-state index contributed by atoms with van der Waals surface area (Å²) in [4.78, 5) is 43.2. The van der Waals surface area contributed by atoms with Gasteiger partial charge in [0.1, 0.15) is 6.10 Å². The lowest BCUT2D eigenvalue weighted by molar-refractivity contribution is -0.312. The van der Waals surface area contributed by atoms with Gasteiger partial charge in [0, 0.05) is 12.8 Å². The molecule has 292 valence electrons. The lowest BCUT2D eigenvalue weighted by Crippen LogP contribution is -2.41. The summed E-state index contributed by atoms with van der Waals surface area (Å²) in [5.74, 6) is -5.12. The van der Waals surface area contributed by atoms with E-state index in [1.807, 2.05) is 27.9 Å². The maximum Gasteiger partial charge on any atom is 0.411 e. The molecule has 1 atom stereocenters. The van der Waals surface area contributed by atoms with Crippen molar-refractivity contribution in [3.05, 3.63) is 0 Å². The zero-order valence-corrected chi connectivity index (χ0v) is 32.9. The van der Waals surface area contributed by atoms with Gasteiger partial charge in [-0.3, -0.25) is 14.5 Å². The molecule has 0 N–H and O–H groups in total. The molecule has 49 heavy (non-hydrogen) atoms. The molecule has 0 aliphatic carbocycles. The van der Waals surface area contributed by atoms with Gasteiger partial charge in [0.15, 0.2) is 0 Å². The first-order valence-electron chi connectivity index (χ1n) is 20.5. The van der Waals surface area contributed by atoms with Crippen LogP contribution in [0.25, 0.3) is 0 Å². The van der Waals surface area contributed by atoms with Gasteiger partial charge >= 0.3 is 11.9 Å². The van der Waals surface area contributed by atoms with Gasteiger partial charge < -0.3 is 4.90 Å². The molecule has 0 rings (SSSR count). The summed E-state index contributed by atoms with van der Waals surface area (Å²) in [5, 5.41) is 1.71. The van der Waals surface area contributed by atoms with E-state index in [1.165, 1.54) is 77.0 Å². The summed E-state index contributed by atoms with van der Waals surface area (Å²) in [6, 6.07) is -0.0142. The molecule has 1 amide bonds. The second-order valence-corrected chi connectivity index (χ2v) is 14.4. The molecular weight excluding hydrogens is 626 g/mol. The molecule has 0 aromatic rings. The van der Waals surface area contributed by atoms with Gasteiger partial charge in [0.25, 0.3) is 0 Å². The molecule has 0 fully saturated rings. The van der Waals surface area contributed by atoms with Crippen molar-refractivity contribution in [2.45, 2.75) is 219 Å². The molecule has 7 nitrogen and oxygen atoms in total. The van der Waals surface area contributed by atoms with Crippen LogP contribution in [0.15, 0.2) is 0 Å². The normalized spacial score (nSPS) is 12.6. The number of amides is 1. The van der Waals surface area contributed by atoms with Gasteiger partial charge in [-0.25, -0.2) is 9.86 Å². The number of rotatable bonds is 36. The fourth-order valence-corrected chi connectivity index (χ4v) is 6.11. The maximum absolute atomic E-state index is 14.4. The summed E-state index contributed by atoms with van der Waals surface area (Å²) in [6.07, 6.45) is 25.0. The van der Waals surface area contributed by atoms with Gasteiger partial charge in [0.05, 0.1) is 12.6 Å². The average molecular weight is 705 g/mol. The van der Waals surface area contributed by atoms with Crippen molar-refractivity contribution in [3.8, 4) is 0 Å². The standard InChI is InChI=1S/C40H78F2N2O5/c1-7-11-13-15-17-19-21-25-30-36(31-26-22-23-27-33-40(41,42)39(46)49-48-37(9-3)10-4)44(38(45)32-29-34-43(5)6)47-35-28-24-20-18-16-14-12-8-2/h36-37H,7-35H2,1-6H3. The quantitative estimate of drug-likeness (QED) is 0.0367. The van der Waals surface area contributed by atoms with Crippen LogP contribution in [0.5, 0.6) is 0 Å². The van der Waals surface area contributed by atoms with E-state index in [4.69, 9.17) is 9.73 Å². The Morgan fingerprint density at radius 3 is 1.59 bits per heavy atom. The predicted octanol–water partition coefficient (Wildman–Crippen LogP) is 11.8. The zero-order valence-electron chi connectivity index (χ0n) is 32.9. The number of hydrogen-bond donors (Lipinski definition) is 0. The van der Waals surface area contributed by atoms with Crippen molar-refractivity contribution in [3.63, 3.8) is 0 Å². The highest BCUT2D eigenvalue weighted by molar-refractivity contribution is 5.76. The Hall–Kier alpha value is -1.32. The van der Waals surface area contributed by atoms with Gasteiger partial charge in [-0.05, 0) is 65.6 Å². The molecule has 9 heteroatoms. The van der Waals surface area contributed by atoms with Crippen LogP contribution in [0.2, 0.25) is 0 Å². The highest BCUT2D eigenvalue weighted by Gasteiger charge is 2.41. The molecule has 0 bridgehead atoms. The van der Waals surface area contributed by atoms with Crippen LogP contribution in [0.1, 0.15) is 201 Å². The van der Waals surface area contributed by atoms with E-state index in [-0.39, 0.29) is 24.5 Å². The third kappa shape index (κ3) is 27.1. The van der Waals surface area contributed by atoms with E-state index in [1.54, 1.807) is 5.06 Å². The molecular formula is C40H78F2N2O5. The van der Waals surface area contributed by atoms with E-state index >= 15 is 0 Å². The number of hydrogen-bond acceptors (Lipinski definition) is 6. The van der Waals surface area contributed by atoms with Gasteiger partial charge in [-0.15, -0.1) is 0 Å². The topological polar surface area (TPSA) is 68.3 Å². The summed E-state index contributed by atoms with van der Waals surface area (Å²) in [7, 11) is 4.04. The third-order valence-corrected chi connectivity index (χ3v) is 9.44. The van der Waals surface area contributed by atoms with Crippen LogP contribution >= 0.6 is 0 Å². The monoisotopic (exact) mass is 705 g/mol. The summed E-state index contributed by atoms with van der Waals surface area (Å²) in [5.41, 5.74) is 0. The molecule has 0 heterocycles. The lowest BCUT2D eigenvalue weighted by Gasteiger charge is -2.31. The fraction of sp³-hybridized carbons (Fsp3) is 0.950. The largest absolute Gasteiger partial charge is 0.411 e. The molecule has 0 saturated carbocycles. The minimum Gasteiger partial charge on any atom is -0.309 e. The van der Waals surface area contributed by atoms with Crippen LogP contribution < -0.4 is 0 Å². The van der Waals surface area contributed by atoms with E-state index in [0.717, 1.165) is 64.3 Å². The molecule has 1 unspecified atom stereocenters. The van der Waals surface area contributed by atoms with Crippen molar-refractivity contribution < 1.29 is 33.0 Å². The summed E-state index contributed by atoms with van der Waals surface area (Å²) in [6.45, 7) is 9.58. The van der Waals surface area contributed by atoms with E-state index in [9.17, 15) is 18.4 Å². The minimum atomic E-state index is -3.57. The van der Waals surface area contributed by atoms with Crippen molar-refractivity contribution >= 4 is 11.9 Å². The van der Waals surface area contributed by atoms with Crippen LogP contribution in [0.3, 0.4) is 0 Å². The van der Waals surface area contributed by atoms with Crippen LogP contribution in [-0.4, -0.2) is 67.2 Å². The number of alkyl halides is 2. The molecule has 0 aromatic heterocycles. The summed E-state index contributed by atoms with van der Waals surface area (Å²) < 4.78 is 28.8. The third-order valence-electron chi connectivity index (χ3n) is 9.44. The Kier molecular flexibility index (Phi) is 31.7. The van der Waals surface area contributed by atoms with Crippen molar-refractivity contribution in [1.82, 2.24) is 9.96 Å². The molecule has 0 aliphatic rings. The Bertz CT molecular complexity index is 767. The molecule has 0 aromatic carbocycles. The van der Waals surface area contributed by atoms with Crippen LogP contribution in [-0.2, 0) is 24.2 Å². The lowest BCUT2D eigenvalue weighted by atomic mass is 9.99. The minimum absolute atomic E-state index is 0.0142. The predicted molar refractivity (Wildman–Crippen MR) is 198 cm³/mol. The van der Waals surface area contributed by atoms with Gasteiger partial charge in [-0.1, -0.05) is 143 Å². The highest BCUT2D eigenvalue weighted by Crippen LogP contribution is 2.26. The van der Waals surface area contributed by atoms with E-state index < -0.39 is 18.3 Å². The van der Waals surface area contributed by atoms with Crippen LogP contribution in [0.4, 0.5) is 8.78 Å². The molecule has 0 spiro atoms. The first-order valence-corrected chi connectivity index (χ1v) is 20.5. The number of halogens is 2. The van der Waals surface area contributed by atoms with E-state index in [2.05, 4.69) is 23.6 Å². The number of carbonyl (C=O) groups excluding carboxylic acids is 2. The fourth-order valence-electron chi connectivity index (χ4n) is 6.11. The van der Waals surface area contributed by atoms with Gasteiger partial charge in [0.2, 0.25) is 5.91 Å². The average Bonchev–Trinajstić information content (AvgIpc) is 3.07. The molecule has 0 radical (unpaired) electrons. The second-order valence-electron chi connectivity index (χ2n) is 14.4. The number of carbonyl (C=O) groups is 2. The SMILES string of the molecule is CCCCCCCCCCON(C(=O)CCCN(C)C)C(CCCCCCCCCC)CCCCCCC(F)(F)C(=O)OOC(CC)CC. The Labute approximate surface area is 300 Å². The first kappa shape index (κ1) is 47.7. The molecule has 0 aliphatic heterocycles. The number of hydroxylamine groups is 2. The Morgan fingerprint density at radius 1 is 0.633 bits per heavy atom. The Morgan fingerprint density at radius 2 is 1.10 bits per heavy atom. The summed E-state index contributed by atoms with van der Waals surface area (Å²) >= 11 is 0. The molecule has 0 saturated heterocycles.